The SMILES string of the molecule is C(=N\Nc1nc2ccccc2s1)/c1ccc(N2CCOCC2)cc1. The van der Waals surface area contributed by atoms with Crippen molar-refractivity contribution in [3.8, 4) is 0 Å². The number of anilines is 2. The minimum Gasteiger partial charge on any atom is -0.378 e. The first-order valence-electron chi connectivity index (χ1n) is 7.96. The van der Waals surface area contributed by atoms with E-state index < -0.39 is 0 Å². The van der Waals surface area contributed by atoms with Gasteiger partial charge in [0.2, 0.25) is 5.13 Å². The van der Waals surface area contributed by atoms with Crippen LogP contribution in [0.5, 0.6) is 0 Å². The van der Waals surface area contributed by atoms with Crippen molar-refractivity contribution in [1.29, 1.82) is 0 Å². The van der Waals surface area contributed by atoms with E-state index in [0.29, 0.717) is 0 Å². The maximum absolute atomic E-state index is 5.39. The lowest BCUT2D eigenvalue weighted by Gasteiger charge is -2.28. The summed E-state index contributed by atoms with van der Waals surface area (Å²) in [6.45, 7) is 3.50. The van der Waals surface area contributed by atoms with Crippen LogP contribution in [0.15, 0.2) is 53.6 Å². The molecular formula is C18H18N4OS. The van der Waals surface area contributed by atoms with Gasteiger partial charge in [0, 0.05) is 18.8 Å². The molecule has 0 aliphatic carbocycles. The second kappa shape index (κ2) is 6.98. The smallest absolute Gasteiger partial charge is 0.204 e. The summed E-state index contributed by atoms with van der Waals surface area (Å²) in [6.07, 6.45) is 1.81. The van der Waals surface area contributed by atoms with Crippen molar-refractivity contribution in [3.63, 3.8) is 0 Å². The lowest BCUT2D eigenvalue weighted by atomic mass is 10.2. The number of nitrogens with one attached hydrogen (secondary N) is 1. The van der Waals surface area contributed by atoms with Crippen LogP contribution >= 0.6 is 11.3 Å². The predicted molar refractivity (Wildman–Crippen MR) is 100 cm³/mol. The van der Waals surface area contributed by atoms with Gasteiger partial charge in [-0.1, -0.05) is 35.6 Å². The third-order valence-corrected chi connectivity index (χ3v) is 4.88. The number of para-hydroxylation sites is 1. The summed E-state index contributed by atoms with van der Waals surface area (Å²) in [5.74, 6) is 0. The molecule has 3 aromatic rings. The normalized spacial score (nSPS) is 15.2. The minimum absolute atomic E-state index is 0.801. The van der Waals surface area contributed by atoms with Crippen molar-refractivity contribution >= 4 is 38.6 Å². The van der Waals surface area contributed by atoms with Gasteiger partial charge in [0.1, 0.15) is 0 Å². The predicted octanol–water partition coefficient (Wildman–Crippen LogP) is 3.58. The van der Waals surface area contributed by atoms with Gasteiger partial charge in [-0.05, 0) is 29.8 Å². The second-order valence-electron chi connectivity index (χ2n) is 5.55. The van der Waals surface area contributed by atoms with Crippen molar-refractivity contribution < 1.29 is 4.74 Å². The standard InChI is InChI=1S/C18H18N4OS/c1-2-4-17-16(3-1)20-18(24-17)21-19-13-14-5-7-15(8-6-14)22-9-11-23-12-10-22/h1-8,13H,9-12H2,(H,20,21)/b19-13+. The number of fused-ring (bicyclic) bond motifs is 1. The maximum atomic E-state index is 5.39. The zero-order valence-corrected chi connectivity index (χ0v) is 14.0. The topological polar surface area (TPSA) is 49.8 Å². The number of hydrogen-bond donors (Lipinski definition) is 1. The summed E-state index contributed by atoms with van der Waals surface area (Å²) in [6, 6.07) is 16.5. The van der Waals surface area contributed by atoms with Gasteiger partial charge >= 0.3 is 0 Å². The van der Waals surface area contributed by atoms with E-state index in [1.807, 2.05) is 24.4 Å². The van der Waals surface area contributed by atoms with Gasteiger partial charge in [-0.2, -0.15) is 5.10 Å². The molecule has 2 heterocycles. The van der Waals surface area contributed by atoms with E-state index in [-0.39, 0.29) is 0 Å². The van der Waals surface area contributed by atoms with Crippen LogP contribution in [0, 0.1) is 0 Å². The summed E-state index contributed by atoms with van der Waals surface area (Å²) in [4.78, 5) is 6.83. The average Bonchev–Trinajstić information content (AvgIpc) is 3.06. The Morgan fingerprint density at radius 2 is 1.88 bits per heavy atom. The number of morpholine rings is 1. The van der Waals surface area contributed by atoms with Crippen LogP contribution < -0.4 is 10.3 Å². The first-order valence-corrected chi connectivity index (χ1v) is 8.77. The number of hydrogen-bond acceptors (Lipinski definition) is 6. The lowest BCUT2D eigenvalue weighted by Crippen LogP contribution is -2.36. The molecule has 0 radical (unpaired) electrons. The van der Waals surface area contributed by atoms with Crippen molar-refractivity contribution in [3.05, 3.63) is 54.1 Å². The number of ether oxygens (including phenoxy) is 1. The summed E-state index contributed by atoms with van der Waals surface area (Å²) in [7, 11) is 0. The molecule has 1 aliphatic heterocycles. The molecule has 0 bridgehead atoms. The van der Waals surface area contributed by atoms with Crippen LogP contribution in [0.1, 0.15) is 5.56 Å². The third kappa shape index (κ3) is 3.39. The molecule has 0 saturated carbocycles. The molecular weight excluding hydrogens is 320 g/mol. The van der Waals surface area contributed by atoms with Crippen molar-refractivity contribution in [1.82, 2.24) is 4.98 Å². The molecule has 24 heavy (non-hydrogen) atoms. The van der Waals surface area contributed by atoms with Crippen molar-refractivity contribution in [2.45, 2.75) is 0 Å². The van der Waals surface area contributed by atoms with E-state index in [1.165, 1.54) is 5.69 Å². The van der Waals surface area contributed by atoms with Gasteiger partial charge < -0.3 is 9.64 Å². The zero-order chi connectivity index (χ0) is 16.2. The third-order valence-electron chi connectivity index (χ3n) is 3.94. The van der Waals surface area contributed by atoms with Gasteiger partial charge in [-0.3, -0.25) is 5.43 Å². The fourth-order valence-corrected chi connectivity index (χ4v) is 3.49. The number of thiazole rings is 1. The molecule has 1 saturated heterocycles. The number of nitrogens with zero attached hydrogens (tertiary/aromatic N) is 3. The summed E-state index contributed by atoms with van der Waals surface area (Å²) in [5.41, 5.74) is 6.29. The molecule has 1 N–H and O–H groups in total. The Balaban J connectivity index is 1.40. The zero-order valence-electron chi connectivity index (χ0n) is 13.2. The van der Waals surface area contributed by atoms with Crippen molar-refractivity contribution in [2.75, 3.05) is 36.6 Å². The Morgan fingerprint density at radius 3 is 2.67 bits per heavy atom. The van der Waals surface area contributed by atoms with Gasteiger partial charge in [0.05, 0.1) is 29.6 Å². The summed E-state index contributed by atoms with van der Waals surface area (Å²) >= 11 is 1.60. The van der Waals surface area contributed by atoms with Crippen LogP contribution in [0.2, 0.25) is 0 Å². The van der Waals surface area contributed by atoms with E-state index in [4.69, 9.17) is 4.74 Å². The number of aromatic nitrogens is 1. The number of benzene rings is 2. The molecule has 1 fully saturated rings. The fraction of sp³-hybridized carbons (Fsp3) is 0.222. The second-order valence-corrected chi connectivity index (χ2v) is 6.58. The highest BCUT2D eigenvalue weighted by Crippen LogP contribution is 2.25. The monoisotopic (exact) mass is 338 g/mol. The minimum atomic E-state index is 0.801. The van der Waals surface area contributed by atoms with Crippen LogP contribution in [-0.2, 0) is 4.74 Å². The van der Waals surface area contributed by atoms with Gasteiger partial charge in [0.15, 0.2) is 0 Å². The van der Waals surface area contributed by atoms with Crippen LogP contribution in [0.25, 0.3) is 10.2 Å². The molecule has 2 aromatic carbocycles. The van der Waals surface area contributed by atoms with Gasteiger partial charge in [-0.15, -0.1) is 0 Å². The highest BCUT2D eigenvalue weighted by atomic mass is 32.1. The molecule has 5 nitrogen and oxygen atoms in total. The largest absolute Gasteiger partial charge is 0.378 e. The fourth-order valence-electron chi connectivity index (χ4n) is 2.67. The molecule has 6 heteroatoms. The Bertz CT molecular complexity index is 805. The van der Waals surface area contributed by atoms with Crippen LogP contribution in [0.3, 0.4) is 0 Å². The molecule has 1 aliphatic rings. The van der Waals surface area contributed by atoms with Crippen LogP contribution in [0.4, 0.5) is 10.8 Å². The maximum Gasteiger partial charge on any atom is 0.204 e. The Hall–Kier alpha value is -2.44. The molecule has 1 aromatic heterocycles. The van der Waals surface area contributed by atoms with Crippen LogP contribution in [-0.4, -0.2) is 37.5 Å². The van der Waals surface area contributed by atoms with Gasteiger partial charge in [-0.25, -0.2) is 4.98 Å². The van der Waals surface area contributed by atoms with E-state index in [1.54, 1.807) is 11.3 Å². The Kier molecular flexibility index (Phi) is 4.40. The lowest BCUT2D eigenvalue weighted by molar-refractivity contribution is 0.122. The first kappa shape index (κ1) is 15.1. The number of hydrazone groups is 1. The highest BCUT2D eigenvalue weighted by molar-refractivity contribution is 7.22. The Labute approximate surface area is 144 Å². The number of rotatable bonds is 4. The molecule has 0 spiro atoms. The van der Waals surface area contributed by atoms with Crippen molar-refractivity contribution in [2.24, 2.45) is 5.10 Å². The molecule has 122 valence electrons. The summed E-state index contributed by atoms with van der Waals surface area (Å²) in [5, 5.41) is 5.09. The van der Waals surface area contributed by atoms with E-state index >= 15 is 0 Å². The molecule has 0 atom stereocenters. The van der Waals surface area contributed by atoms with E-state index in [9.17, 15) is 0 Å². The Morgan fingerprint density at radius 1 is 1.08 bits per heavy atom. The molecule has 0 amide bonds. The quantitative estimate of drug-likeness (QED) is 0.583. The summed E-state index contributed by atoms with van der Waals surface area (Å²) < 4.78 is 6.54. The molecule has 4 rings (SSSR count). The van der Waals surface area contributed by atoms with Gasteiger partial charge in [0.25, 0.3) is 0 Å². The highest BCUT2D eigenvalue weighted by Gasteiger charge is 2.10. The van der Waals surface area contributed by atoms with E-state index in [0.717, 1.165) is 47.2 Å². The first-order chi connectivity index (χ1) is 11.9. The van der Waals surface area contributed by atoms with E-state index in [2.05, 4.69) is 50.7 Å². The average molecular weight is 338 g/mol. The molecule has 0 unspecified atom stereocenters.